The van der Waals surface area contributed by atoms with Crippen molar-refractivity contribution in [1.29, 1.82) is 0 Å². The van der Waals surface area contributed by atoms with Crippen LogP contribution in [0.15, 0.2) is 0 Å². The van der Waals surface area contributed by atoms with Crippen molar-refractivity contribution in [3.63, 3.8) is 0 Å². The van der Waals surface area contributed by atoms with Gasteiger partial charge in [0, 0.05) is 19.0 Å². The molecule has 0 spiro atoms. The van der Waals surface area contributed by atoms with Crippen LogP contribution < -0.4 is 0 Å². The van der Waals surface area contributed by atoms with E-state index >= 15 is 0 Å². The molecule has 0 fully saturated rings. The maximum atomic E-state index is 10.8. The fourth-order valence-corrected chi connectivity index (χ4v) is 2.40. The first kappa shape index (κ1) is 18.6. The monoisotopic (exact) mass is 291 g/mol. The maximum Gasteiger partial charge on any atom is 0.407 e. The molecule has 0 atom stereocenters. The molecule has 0 bridgehead atoms. The number of alkyl halides is 1. The second-order valence-electron chi connectivity index (χ2n) is 5.14. The summed E-state index contributed by atoms with van der Waals surface area (Å²) in [6.45, 7) is 3.30. The molecule has 1 amide bonds. The van der Waals surface area contributed by atoms with Gasteiger partial charge in [-0.05, 0) is 6.42 Å². The highest BCUT2D eigenvalue weighted by atomic mass is 35.5. The number of rotatable bonds is 13. The van der Waals surface area contributed by atoms with E-state index < -0.39 is 6.09 Å². The first-order chi connectivity index (χ1) is 9.22. The van der Waals surface area contributed by atoms with Crippen molar-refractivity contribution < 1.29 is 9.90 Å². The van der Waals surface area contributed by atoms with Gasteiger partial charge < -0.3 is 10.0 Å². The third-order valence-corrected chi connectivity index (χ3v) is 3.58. The third kappa shape index (κ3) is 12.3. The Bertz CT molecular complexity index is 212. The Kier molecular flexibility index (Phi) is 13.7. The molecule has 19 heavy (non-hydrogen) atoms. The second-order valence-corrected chi connectivity index (χ2v) is 5.52. The molecule has 3 nitrogen and oxygen atoms in total. The van der Waals surface area contributed by atoms with Crippen molar-refractivity contribution in [2.24, 2.45) is 0 Å². The summed E-state index contributed by atoms with van der Waals surface area (Å²) in [6, 6.07) is 0. The largest absolute Gasteiger partial charge is 0.465 e. The molecule has 0 aliphatic rings. The van der Waals surface area contributed by atoms with Crippen LogP contribution in [0.4, 0.5) is 4.79 Å². The summed E-state index contributed by atoms with van der Waals surface area (Å²) >= 11 is 5.57. The van der Waals surface area contributed by atoms with E-state index in [-0.39, 0.29) is 0 Å². The van der Waals surface area contributed by atoms with Crippen LogP contribution in [0.5, 0.6) is 0 Å². The van der Waals surface area contributed by atoms with Gasteiger partial charge in [0.25, 0.3) is 0 Å². The van der Waals surface area contributed by atoms with Crippen LogP contribution in [0.25, 0.3) is 0 Å². The van der Waals surface area contributed by atoms with Crippen molar-refractivity contribution in [3.8, 4) is 0 Å². The molecule has 0 heterocycles. The molecule has 0 aromatic rings. The Morgan fingerprint density at radius 1 is 0.895 bits per heavy atom. The normalized spacial score (nSPS) is 10.6. The van der Waals surface area contributed by atoms with Crippen LogP contribution in [0.3, 0.4) is 0 Å². The molecule has 1 N–H and O–H groups in total. The molecular weight excluding hydrogens is 262 g/mol. The highest BCUT2D eigenvalue weighted by molar-refractivity contribution is 6.18. The lowest BCUT2D eigenvalue weighted by atomic mass is 10.1. The second kappa shape index (κ2) is 14.0. The van der Waals surface area contributed by atoms with E-state index in [0.717, 1.165) is 12.8 Å². The van der Waals surface area contributed by atoms with Crippen LogP contribution in [0, 0.1) is 0 Å². The Morgan fingerprint density at radius 3 is 1.79 bits per heavy atom. The molecule has 0 unspecified atom stereocenters. The van der Waals surface area contributed by atoms with E-state index in [1.807, 2.05) is 0 Å². The van der Waals surface area contributed by atoms with Gasteiger partial charge >= 0.3 is 6.09 Å². The summed E-state index contributed by atoms with van der Waals surface area (Å²) in [5.74, 6) is 0.379. The van der Waals surface area contributed by atoms with Crippen LogP contribution in [0.2, 0.25) is 0 Å². The first-order valence-corrected chi connectivity index (χ1v) is 8.29. The molecule has 4 heteroatoms. The summed E-state index contributed by atoms with van der Waals surface area (Å²) in [5, 5.41) is 8.92. The van der Waals surface area contributed by atoms with Gasteiger partial charge in [0.15, 0.2) is 0 Å². The predicted octanol–water partition coefficient (Wildman–Crippen LogP) is 5.13. The Balaban J connectivity index is 3.27. The Labute approximate surface area is 123 Å². The Morgan fingerprint density at radius 2 is 1.37 bits per heavy atom. The van der Waals surface area contributed by atoms with Crippen molar-refractivity contribution in [2.45, 2.75) is 71.1 Å². The lowest BCUT2D eigenvalue weighted by Crippen LogP contribution is -2.32. The Hall–Kier alpha value is -0.440. The molecule has 0 aliphatic carbocycles. The molecule has 0 rings (SSSR count). The molecule has 0 aliphatic heterocycles. The number of halogens is 1. The van der Waals surface area contributed by atoms with Crippen LogP contribution in [0.1, 0.15) is 71.1 Å². The van der Waals surface area contributed by atoms with Gasteiger partial charge in [-0.3, -0.25) is 0 Å². The van der Waals surface area contributed by atoms with E-state index in [1.54, 1.807) is 0 Å². The van der Waals surface area contributed by atoms with Gasteiger partial charge in [-0.2, -0.15) is 0 Å². The zero-order chi connectivity index (χ0) is 14.3. The van der Waals surface area contributed by atoms with Crippen molar-refractivity contribution in [3.05, 3.63) is 0 Å². The van der Waals surface area contributed by atoms with Crippen LogP contribution in [-0.4, -0.2) is 35.1 Å². The molecule has 0 radical (unpaired) electrons. The van der Waals surface area contributed by atoms with E-state index in [9.17, 15) is 4.79 Å². The fourth-order valence-electron chi connectivity index (χ4n) is 2.20. The number of hydrogen-bond donors (Lipinski definition) is 1. The number of hydrogen-bond acceptors (Lipinski definition) is 1. The molecule has 0 saturated carbocycles. The third-order valence-electron chi connectivity index (χ3n) is 3.41. The average Bonchev–Trinajstić information content (AvgIpc) is 2.39. The standard InChI is InChI=1S/C15H30ClNO2/c1-2-3-4-5-6-7-8-9-10-11-13-17(14-12-16)15(18)19/h2-14H2,1H3,(H,18,19). The maximum absolute atomic E-state index is 10.8. The highest BCUT2D eigenvalue weighted by Gasteiger charge is 2.09. The number of carboxylic acid groups (broad SMARTS) is 1. The lowest BCUT2D eigenvalue weighted by molar-refractivity contribution is 0.147. The zero-order valence-electron chi connectivity index (χ0n) is 12.4. The van der Waals surface area contributed by atoms with Crippen molar-refractivity contribution in [1.82, 2.24) is 4.90 Å². The number of nitrogens with zero attached hydrogens (tertiary/aromatic N) is 1. The quantitative estimate of drug-likeness (QED) is 0.378. The van der Waals surface area contributed by atoms with E-state index in [4.69, 9.17) is 16.7 Å². The topological polar surface area (TPSA) is 40.5 Å². The molecule has 114 valence electrons. The summed E-state index contributed by atoms with van der Waals surface area (Å²) in [7, 11) is 0. The number of carbonyl (C=O) groups is 1. The SMILES string of the molecule is CCCCCCCCCCCCN(CCCl)C(=O)O. The van der Waals surface area contributed by atoms with E-state index in [0.29, 0.717) is 19.0 Å². The van der Waals surface area contributed by atoms with Crippen LogP contribution >= 0.6 is 11.6 Å². The summed E-state index contributed by atoms with van der Waals surface area (Å²) in [5.41, 5.74) is 0. The van der Waals surface area contributed by atoms with Gasteiger partial charge in [0.2, 0.25) is 0 Å². The molecule has 0 saturated heterocycles. The first-order valence-electron chi connectivity index (χ1n) is 7.76. The van der Waals surface area contributed by atoms with Gasteiger partial charge in [0.05, 0.1) is 0 Å². The van der Waals surface area contributed by atoms with E-state index in [1.165, 1.54) is 56.3 Å². The number of amides is 1. The van der Waals surface area contributed by atoms with E-state index in [2.05, 4.69) is 6.92 Å². The number of unbranched alkanes of at least 4 members (excludes halogenated alkanes) is 9. The average molecular weight is 292 g/mol. The van der Waals surface area contributed by atoms with Gasteiger partial charge in [0.1, 0.15) is 0 Å². The van der Waals surface area contributed by atoms with Crippen molar-refractivity contribution >= 4 is 17.7 Å². The lowest BCUT2D eigenvalue weighted by Gasteiger charge is -2.17. The zero-order valence-corrected chi connectivity index (χ0v) is 13.1. The highest BCUT2D eigenvalue weighted by Crippen LogP contribution is 2.10. The summed E-state index contributed by atoms with van der Waals surface area (Å²) in [4.78, 5) is 12.3. The van der Waals surface area contributed by atoms with Gasteiger partial charge in [-0.15, -0.1) is 11.6 Å². The fraction of sp³-hybridized carbons (Fsp3) is 0.933. The molecule has 0 aromatic heterocycles. The predicted molar refractivity (Wildman–Crippen MR) is 82.2 cm³/mol. The summed E-state index contributed by atoms with van der Waals surface area (Å²) in [6.07, 6.45) is 11.8. The van der Waals surface area contributed by atoms with Gasteiger partial charge in [-0.1, -0.05) is 64.7 Å². The van der Waals surface area contributed by atoms with Crippen molar-refractivity contribution in [2.75, 3.05) is 19.0 Å². The molecular formula is C15H30ClNO2. The van der Waals surface area contributed by atoms with Crippen LogP contribution in [-0.2, 0) is 0 Å². The minimum absolute atomic E-state index is 0.379. The smallest absolute Gasteiger partial charge is 0.407 e. The molecule has 0 aromatic carbocycles. The minimum atomic E-state index is -0.850. The summed E-state index contributed by atoms with van der Waals surface area (Å²) < 4.78 is 0. The minimum Gasteiger partial charge on any atom is -0.465 e. The van der Waals surface area contributed by atoms with Gasteiger partial charge in [-0.25, -0.2) is 4.79 Å².